The van der Waals surface area contributed by atoms with Crippen molar-refractivity contribution in [3.8, 4) is 11.4 Å². The molecule has 2 amide bonds. The van der Waals surface area contributed by atoms with Gasteiger partial charge in [0.05, 0.1) is 6.54 Å². The Kier molecular flexibility index (Phi) is 7.79. The van der Waals surface area contributed by atoms with Crippen LogP contribution in [-0.2, 0) is 16.0 Å². The summed E-state index contributed by atoms with van der Waals surface area (Å²) in [7, 11) is 0. The van der Waals surface area contributed by atoms with Gasteiger partial charge in [-0.05, 0) is 17.3 Å². The second kappa shape index (κ2) is 10.5. The van der Waals surface area contributed by atoms with E-state index >= 15 is 0 Å². The zero-order valence-electron chi connectivity index (χ0n) is 18.3. The van der Waals surface area contributed by atoms with E-state index in [9.17, 15) is 14.8 Å². The zero-order valence-corrected chi connectivity index (χ0v) is 18.3. The Morgan fingerprint density at radius 2 is 2.03 bits per heavy atom. The van der Waals surface area contributed by atoms with Gasteiger partial charge in [0.15, 0.2) is 0 Å². The minimum absolute atomic E-state index is 0.0369. The van der Waals surface area contributed by atoms with E-state index in [4.69, 9.17) is 4.52 Å². The van der Waals surface area contributed by atoms with Crippen molar-refractivity contribution in [2.24, 2.45) is 17.3 Å². The van der Waals surface area contributed by atoms with E-state index in [1.54, 1.807) is 0 Å². The van der Waals surface area contributed by atoms with E-state index in [0.29, 0.717) is 48.5 Å². The van der Waals surface area contributed by atoms with Gasteiger partial charge in [-0.2, -0.15) is 4.98 Å². The number of hydroxylamine groups is 2. The first kappa shape index (κ1) is 22.9. The molecule has 31 heavy (non-hydrogen) atoms. The van der Waals surface area contributed by atoms with Crippen LogP contribution >= 0.6 is 0 Å². The Bertz CT molecular complexity index is 846. The van der Waals surface area contributed by atoms with Crippen molar-refractivity contribution in [2.75, 3.05) is 13.1 Å². The molecule has 0 saturated heterocycles. The van der Waals surface area contributed by atoms with Crippen LogP contribution in [-0.4, -0.2) is 45.8 Å². The molecule has 1 aromatic carbocycles. The predicted molar refractivity (Wildman–Crippen MR) is 115 cm³/mol. The van der Waals surface area contributed by atoms with Crippen LogP contribution in [0.15, 0.2) is 34.9 Å². The second-order valence-corrected chi connectivity index (χ2v) is 9.23. The summed E-state index contributed by atoms with van der Waals surface area (Å²) in [6.07, 6.45) is 5.58. The molecule has 8 heteroatoms. The van der Waals surface area contributed by atoms with Crippen molar-refractivity contribution in [3.63, 3.8) is 0 Å². The molecule has 1 aliphatic carbocycles. The molecule has 3 rings (SSSR count). The van der Waals surface area contributed by atoms with Crippen LogP contribution in [0.4, 0.5) is 0 Å². The van der Waals surface area contributed by atoms with Crippen molar-refractivity contribution in [2.45, 2.75) is 52.4 Å². The fraction of sp³-hybridized carbons (Fsp3) is 0.565. The number of nitrogens with one attached hydrogen (secondary N) is 1. The maximum Gasteiger partial charge on any atom is 0.233 e. The highest BCUT2D eigenvalue weighted by Crippen LogP contribution is 2.33. The lowest BCUT2D eigenvalue weighted by Crippen LogP contribution is -2.38. The Labute approximate surface area is 183 Å². The predicted octanol–water partition coefficient (Wildman–Crippen LogP) is 3.47. The minimum Gasteiger partial charge on any atom is -0.356 e. The lowest BCUT2D eigenvalue weighted by molar-refractivity contribution is -0.154. The molecule has 1 saturated carbocycles. The van der Waals surface area contributed by atoms with Crippen LogP contribution in [0.5, 0.6) is 0 Å². The third-order valence-electron chi connectivity index (χ3n) is 5.95. The zero-order chi connectivity index (χ0) is 22.3. The van der Waals surface area contributed by atoms with E-state index in [1.165, 1.54) is 0 Å². The van der Waals surface area contributed by atoms with E-state index in [2.05, 4.69) is 15.5 Å². The van der Waals surface area contributed by atoms with Crippen LogP contribution in [0.25, 0.3) is 11.4 Å². The third kappa shape index (κ3) is 6.89. The Hall–Kier alpha value is -2.74. The molecule has 1 unspecified atom stereocenters. The van der Waals surface area contributed by atoms with Gasteiger partial charge < -0.3 is 9.84 Å². The van der Waals surface area contributed by atoms with E-state index in [0.717, 1.165) is 31.2 Å². The molecule has 0 spiro atoms. The van der Waals surface area contributed by atoms with Gasteiger partial charge >= 0.3 is 0 Å². The number of amides is 2. The van der Waals surface area contributed by atoms with Crippen molar-refractivity contribution in [1.82, 2.24) is 20.5 Å². The summed E-state index contributed by atoms with van der Waals surface area (Å²) in [6.45, 7) is 4.73. The van der Waals surface area contributed by atoms with Gasteiger partial charge in [-0.3, -0.25) is 14.8 Å². The number of hydrogen-bond donors (Lipinski definition) is 2. The summed E-state index contributed by atoms with van der Waals surface area (Å²) in [5.74, 6) is 1.34. The lowest BCUT2D eigenvalue weighted by Gasteiger charge is -2.27. The maximum atomic E-state index is 12.6. The van der Waals surface area contributed by atoms with Gasteiger partial charge in [0.25, 0.3) is 0 Å². The van der Waals surface area contributed by atoms with Gasteiger partial charge in [0.2, 0.25) is 24.0 Å². The highest BCUT2D eigenvalue weighted by Gasteiger charge is 2.29. The quantitative estimate of drug-likeness (QED) is 0.322. The van der Waals surface area contributed by atoms with Gasteiger partial charge in [-0.15, -0.1) is 0 Å². The number of benzene rings is 1. The van der Waals surface area contributed by atoms with Gasteiger partial charge in [-0.25, -0.2) is 5.06 Å². The smallest absolute Gasteiger partial charge is 0.233 e. The maximum absolute atomic E-state index is 12.6. The van der Waals surface area contributed by atoms with Crippen LogP contribution in [0, 0.1) is 17.3 Å². The SMILES string of the molecule is CC(C)(CNC(=O)CC(CN(O)C=O)C1CCCC1)Cc1nc(-c2ccccc2)no1. The molecular weight excluding hydrogens is 396 g/mol. The molecule has 1 aliphatic rings. The van der Waals surface area contributed by atoms with Crippen LogP contribution in [0.2, 0.25) is 0 Å². The molecule has 1 heterocycles. The number of aromatic nitrogens is 2. The number of nitrogens with zero attached hydrogens (tertiary/aromatic N) is 3. The highest BCUT2D eigenvalue weighted by molar-refractivity contribution is 5.76. The molecule has 8 nitrogen and oxygen atoms in total. The fourth-order valence-electron chi connectivity index (χ4n) is 4.24. The molecule has 168 valence electrons. The van der Waals surface area contributed by atoms with Gasteiger partial charge in [-0.1, -0.05) is 75.0 Å². The van der Waals surface area contributed by atoms with E-state index in [-0.39, 0.29) is 23.8 Å². The van der Waals surface area contributed by atoms with Gasteiger partial charge in [0, 0.05) is 24.9 Å². The van der Waals surface area contributed by atoms with Crippen LogP contribution in [0.3, 0.4) is 0 Å². The fourth-order valence-corrected chi connectivity index (χ4v) is 4.24. The van der Waals surface area contributed by atoms with Crippen LogP contribution < -0.4 is 5.32 Å². The van der Waals surface area contributed by atoms with Crippen LogP contribution in [0.1, 0.15) is 51.8 Å². The molecule has 0 bridgehead atoms. The summed E-state index contributed by atoms with van der Waals surface area (Å²) in [4.78, 5) is 27.9. The lowest BCUT2D eigenvalue weighted by atomic mass is 9.86. The van der Waals surface area contributed by atoms with Crippen molar-refractivity contribution in [1.29, 1.82) is 0 Å². The molecule has 1 aromatic heterocycles. The number of hydrogen-bond acceptors (Lipinski definition) is 6. The monoisotopic (exact) mass is 428 g/mol. The van der Waals surface area contributed by atoms with Crippen molar-refractivity contribution < 1.29 is 19.3 Å². The summed E-state index contributed by atoms with van der Waals surface area (Å²) >= 11 is 0. The normalized spacial score (nSPS) is 15.6. The average molecular weight is 429 g/mol. The summed E-state index contributed by atoms with van der Waals surface area (Å²) in [5.41, 5.74) is 0.625. The van der Waals surface area contributed by atoms with Crippen molar-refractivity contribution in [3.05, 3.63) is 36.2 Å². The molecule has 0 radical (unpaired) electrons. The number of carbonyl (C=O) groups is 2. The second-order valence-electron chi connectivity index (χ2n) is 9.23. The molecule has 1 atom stereocenters. The molecule has 2 N–H and O–H groups in total. The first-order valence-corrected chi connectivity index (χ1v) is 10.9. The first-order valence-electron chi connectivity index (χ1n) is 10.9. The molecule has 0 aliphatic heterocycles. The van der Waals surface area contributed by atoms with E-state index < -0.39 is 0 Å². The Morgan fingerprint density at radius 1 is 1.32 bits per heavy atom. The highest BCUT2D eigenvalue weighted by atomic mass is 16.5. The summed E-state index contributed by atoms with van der Waals surface area (Å²) in [6, 6.07) is 9.64. The van der Waals surface area contributed by atoms with Crippen molar-refractivity contribution >= 4 is 12.3 Å². The molecular formula is C23H32N4O4. The topological polar surface area (TPSA) is 109 Å². The Balaban J connectivity index is 1.52. The first-order chi connectivity index (χ1) is 14.9. The minimum atomic E-state index is -0.273. The summed E-state index contributed by atoms with van der Waals surface area (Å²) in [5, 5.41) is 17.3. The number of carbonyl (C=O) groups excluding carboxylic acids is 2. The van der Waals surface area contributed by atoms with E-state index in [1.807, 2.05) is 44.2 Å². The summed E-state index contributed by atoms with van der Waals surface area (Å²) < 4.78 is 5.41. The molecule has 2 aromatic rings. The third-order valence-corrected chi connectivity index (χ3v) is 5.95. The number of rotatable bonds is 11. The standard InChI is InChI=1S/C23H32N4O4/c1-23(2,13-21-25-22(26-31-21)18-10-4-3-5-11-18)15-24-20(29)12-19(14-27(30)16-28)17-8-6-7-9-17/h3-5,10-11,16-17,19,30H,6-9,12-15H2,1-2H3,(H,24,29). The largest absolute Gasteiger partial charge is 0.356 e. The average Bonchev–Trinajstić information content (AvgIpc) is 3.44. The Morgan fingerprint density at radius 3 is 2.71 bits per heavy atom. The molecule has 1 fully saturated rings. The van der Waals surface area contributed by atoms with Gasteiger partial charge in [0.1, 0.15) is 0 Å².